The lowest BCUT2D eigenvalue weighted by Crippen LogP contribution is -2.50. The van der Waals surface area contributed by atoms with Gasteiger partial charge in [-0.05, 0) is 55.5 Å². The number of carbonyl (C=O) groups is 2. The summed E-state index contributed by atoms with van der Waals surface area (Å²) in [7, 11) is 0. The molecule has 0 aromatic heterocycles. The average molecular weight is 553 g/mol. The van der Waals surface area contributed by atoms with Crippen LogP contribution < -0.4 is 10.6 Å². The molecule has 10 heteroatoms. The van der Waals surface area contributed by atoms with E-state index in [2.05, 4.69) is 29.4 Å². The number of nitrogens with one attached hydrogen (secondary N) is 2. The molecular formula is C28H36ClF3N4O2. The van der Waals surface area contributed by atoms with Gasteiger partial charge in [-0.2, -0.15) is 13.2 Å². The number of likely N-dealkylation sites (tertiary alicyclic amines) is 1. The van der Waals surface area contributed by atoms with Gasteiger partial charge in [-0.15, -0.1) is 11.6 Å². The fraction of sp³-hybridized carbons (Fsp3) is 0.500. The Morgan fingerprint density at radius 1 is 1.11 bits per heavy atom. The van der Waals surface area contributed by atoms with E-state index in [4.69, 9.17) is 11.6 Å². The normalized spacial score (nSPS) is 15.6. The van der Waals surface area contributed by atoms with Crippen LogP contribution in [0.2, 0.25) is 0 Å². The molecule has 2 aromatic rings. The van der Waals surface area contributed by atoms with Gasteiger partial charge in [-0.25, -0.2) is 4.79 Å². The van der Waals surface area contributed by atoms with Crippen molar-refractivity contribution in [2.75, 3.05) is 24.3 Å². The van der Waals surface area contributed by atoms with Gasteiger partial charge in [-0.3, -0.25) is 4.79 Å². The Balaban J connectivity index is 1.82. The molecule has 1 saturated heterocycles. The number of nitrogens with zero attached hydrogens (tertiary/aromatic N) is 2. The molecule has 1 aliphatic rings. The first-order valence-corrected chi connectivity index (χ1v) is 13.5. The van der Waals surface area contributed by atoms with Crippen molar-refractivity contribution < 1.29 is 22.8 Å². The molecule has 0 spiro atoms. The van der Waals surface area contributed by atoms with Gasteiger partial charge >= 0.3 is 12.2 Å². The highest BCUT2D eigenvalue weighted by molar-refractivity contribution is 6.27. The highest BCUT2D eigenvalue weighted by atomic mass is 35.5. The Bertz CT molecular complexity index is 1070. The second-order valence-corrected chi connectivity index (χ2v) is 9.99. The van der Waals surface area contributed by atoms with E-state index in [0.29, 0.717) is 6.04 Å². The summed E-state index contributed by atoms with van der Waals surface area (Å²) in [6, 6.07) is 12.1. The van der Waals surface area contributed by atoms with Crippen LogP contribution in [0.1, 0.15) is 56.2 Å². The fourth-order valence-electron chi connectivity index (χ4n) is 4.88. The van der Waals surface area contributed by atoms with E-state index in [9.17, 15) is 22.8 Å². The number of halogens is 4. The summed E-state index contributed by atoms with van der Waals surface area (Å²) in [6.07, 6.45) is -0.783. The molecular weight excluding hydrogens is 517 g/mol. The van der Waals surface area contributed by atoms with Crippen LogP contribution in [0, 0.1) is 0 Å². The van der Waals surface area contributed by atoms with Crippen LogP contribution in [-0.4, -0.2) is 52.8 Å². The van der Waals surface area contributed by atoms with E-state index in [1.165, 1.54) is 12.1 Å². The highest BCUT2D eigenvalue weighted by Gasteiger charge is 2.32. The minimum atomic E-state index is -4.51. The summed E-state index contributed by atoms with van der Waals surface area (Å²) in [6.45, 7) is 6.58. The van der Waals surface area contributed by atoms with E-state index < -0.39 is 17.8 Å². The Labute approximate surface area is 227 Å². The second-order valence-electron chi connectivity index (χ2n) is 9.72. The first kappa shape index (κ1) is 29.8. The lowest BCUT2D eigenvalue weighted by molar-refractivity contribution is -0.137. The van der Waals surface area contributed by atoms with Crippen molar-refractivity contribution in [1.82, 2.24) is 15.1 Å². The highest BCUT2D eigenvalue weighted by Crippen LogP contribution is 2.31. The molecule has 2 aromatic carbocycles. The zero-order valence-electron chi connectivity index (χ0n) is 21.9. The van der Waals surface area contributed by atoms with Crippen LogP contribution in [0.5, 0.6) is 0 Å². The van der Waals surface area contributed by atoms with E-state index in [-0.39, 0.29) is 36.6 Å². The van der Waals surface area contributed by atoms with Gasteiger partial charge in [-0.1, -0.05) is 43.7 Å². The van der Waals surface area contributed by atoms with Gasteiger partial charge in [0.2, 0.25) is 5.91 Å². The minimum Gasteiger partial charge on any atom is -0.351 e. The van der Waals surface area contributed by atoms with Gasteiger partial charge in [0.25, 0.3) is 0 Å². The molecule has 0 aliphatic carbocycles. The number of hydrogen-bond donors (Lipinski definition) is 2. The van der Waals surface area contributed by atoms with Crippen LogP contribution in [0.25, 0.3) is 0 Å². The number of anilines is 1. The number of carbonyl (C=O) groups excluding carboxylic acids is 2. The second kappa shape index (κ2) is 13.8. The van der Waals surface area contributed by atoms with Crippen molar-refractivity contribution in [3.8, 4) is 0 Å². The van der Waals surface area contributed by atoms with E-state index in [0.717, 1.165) is 62.0 Å². The van der Waals surface area contributed by atoms with Crippen molar-refractivity contribution in [2.45, 2.75) is 70.9 Å². The van der Waals surface area contributed by atoms with Crippen molar-refractivity contribution >= 4 is 29.2 Å². The molecule has 1 aliphatic heterocycles. The Morgan fingerprint density at radius 3 is 2.42 bits per heavy atom. The monoisotopic (exact) mass is 552 g/mol. The van der Waals surface area contributed by atoms with E-state index >= 15 is 0 Å². The SMILES string of the molecule is CCCC(C)N1CCC(N(Cc2ccccc2CNC(=O)CCl)C(=O)Nc2cccc(C(F)(F)F)c2)CC1. The first-order valence-electron chi connectivity index (χ1n) is 13.0. The molecule has 0 bridgehead atoms. The molecule has 208 valence electrons. The van der Waals surface area contributed by atoms with Crippen molar-refractivity contribution in [1.29, 1.82) is 0 Å². The van der Waals surface area contributed by atoms with Gasteiger partial charge in [0.15, 0.2) is 0 Å². The van der Waals surface area contributed by atoms with Gasteiger partial charge < -0.3 is 20.4 Å². The Morgan fingerprint density at radius 2 is 1.79 bits per heavy atom. The van der Waals surface area contributed by atoms with Gasteiger partial charge in [0.1, 0.15) is 5.88 Å². The van der Waals surface area contributed by atoms with Crippen molar-refractivity contribution in [3.63, 3.8) is 0 Å². The van der Waals surface area contributed by atoms with Crippen LogP contribution in [0.15, 0.2) is 48.5 Å². The molecule has 1 unspecified atom stereocenters. The Hall–Kier alpha value is -2.78. The Kier molecular flexibility index (Phi) is 10.8. The number of piperidine rings is 1. The smallest absolute Gasteiger partial charge is 0.351 e. The third-order valence-corrected chi connectivity index (χ3v) is 7.27. The quantitative estimate of drug-likeness (QED) is 0.343. The van der Waals surface area contributed by atoms with E-state index in [1.54, 1.807) is 4.90 Å². The topological polar surface area (TPSA) is 64.7 Å². The van der Waals surface area contributed by atoms with E-state index in [1.807, 2.05) is 24.3 Å². The van der Waals surface area contributed by atoms with Crippen LogP contribution in [0.4, 0.5) is 23.7 Å². The van der Waals surface area contributed by atoms with Crippen LogP contribution >= 0.6 is 11.6 Å². The lowest BCUT2D eigenvalue weighted by Gasteiger charge is -2.41. The summed E-state index contributed by atoms with van der Waals surface area (Å²) < 4.78 is 39.7. The molecule has 1 fully saturated rings. The largest absolute Gasteiger partial charge is 0.416 e. The molecule has 0 radical (unpaired) electrons. The molecule has 0 saturated carbocycles. The number of hydrogen-bond acceptors (Lipinski definition) is 3. The maximum Gasteiger partial charge on any atom is 0.416 e. The molecule has 1 atom stereocenters. The zero-order valence-corrected chi connectivity index (χ0v) is 22.6. The van der Waals surface area contributed by atoms with Gasteiger partial charge in [0.05, 0.1) is 5.56 Å². The average Bonchev–Trinajstić information content (AvgIpc) is 2.90. The summed E-state index contributed by atoms with van der Waals surface area (Å²) in [5, 5.41) is 5.45. The van der Waals surface area contributed by atoms with Crippen molar-refractivity contribution in [3.05, 3.63) is 65.2 Å². The summed E-state index contributed by atoms with van der Waals surface area (Å²) in [4.78, 5) is 29.4. The predicted molar refractivity (Wildman–Crippen MR) is 144 cm³/mol. The van der Waals surface area contributed by atoms with Crippen molar-refractivity contribution in [2.24, 2.45) is 0 Å². The van der Waals surface area contributed by atoms with Crippen LogP contribution in [-0.2, 0) is 24.1 Å². The fourth-order valence-corrected chi connectivity index (χ4v) is 4.98. The maximum absolute atomic E-state index is 13.6. The lowest BCUT2D eigenvalue weighted by atomic mass is 9.99. The third-order valence-electron chi connectivity index (χ3n) is 7.03. The minimum absolute atomic E-state index is 0.0867. The first-order chi connectivity index (χ1) is 18.1. The maximum atomic E-state index is 13.6. The standard InChI is InChI=1S/C28H36ClF3N4O2/c1-3-7-20(2)35-14-12-25(13-15-35)36(19-22-9-5-4-8-21(22)18-33-26(37)17-29)27(38)34-24-11-6-10-23(16-24)28(30,31)32/h4-6,8-11,16,20,25H,3,7,12-15,17-19H2,1-2H3,(H,33,37)(H,34,38). The summed E-state index contributed by atoms with van der Waals surface area (Å²) >= 11 is 5.61. The number of amides is 3. The summed E-state index contributed by atoms with van der Waals surface area (Å²) in [5.74, 6) is -0.447. The molecule has 3 rings (SSSR count). The molecule has 3 amide bonds. The molecule has 38 heavy (non-hydrogen) atoms. The number of urea groups is 1. The number of rotatable bonds is 10. The zero-order chi connectivity index (χ0) is 27.7. The van der Waals surface area contributed by atoms with Crippen LogP contribution in [0.3, 0.4) is 0 Å². The number of alkyl halides is 4. The predicted octanol–water partition coefficient (Wildman–Crippen LogP) is 6.25. The molecule has 2 N–H and O–H groups in total. The molecule has 6 nitrogen and oxygen atoms in total. The summed E-state index contributed by atoms with van der Waals surface area (Å²) in [5.41, 5.74) is 0.965. The number of benzene rings is 2. The third kappa shape index (κ3) is 8.36. The molecule has 1 heterocycles. The van der Waals surface area contributed by atoms with Gasteiger partial charge in [0, 0.05) is 44.0 Å².